The van der Waals surface area contributed by atoms with Crippen molar-refractivity contribution >= 4 is 21.9 Å². The lowest BCUT2D eigenvalue weighted by atomic mass is 10.2. The Hall–Kier alpha value is -2.21. The molecule has 0 aliphatic heterocycles. The average Bonchev–Trinajstić information content (AvgIpc) is 2.57. The molecule has 2 aromatic rings. The van der Waals surface area contributed by atoms with Crippen molar-refractivity contribution in [1.82, 2.24) is 4.90 Å². The molecule has 0 heterocycles. The van der Waals surface area contributed by atoms with Gasteiger partial charge in [-0.2, -0.15) is 0 Å². The van der Waals surface area contributed by atoms with Crippen LogP contribution in [0, 0.1) is 5.41 Å². The molecule has 3 N–H and O–H groups in total. The van der Waals surface area contributed by atoms with Gasteiger partial charge in [-0.3, -0.25) is 5.41 Å². The molecule has 0 saturated carbocycles. The summed E-state index contributed by atoms with van der Waals surface area (Å²) >= 11 is 3.46. The van der Waals surface area contributed by atoms with Gasteiger partial charge in [0, 0.05) is 30.0 Å². The fourth-order valence-corrected chi connectivity index (χ4v) is 2.51. The Morgan fingerprint density at radius 2 is 1.83 bits per heavy atom. The zero-order valence-electron chi connectivity index (χ0n) is 13.7. The summed E-state index contributed by atoms with van der Waals surface area (Å²) in [5.74, 6) is 1.69. The van der Waals surface area contributed by atoms with E-state index in [0.29, 0.717) is 19.8 Å². The second-order valence-corrected chi connectivity index (χ2v) is 6.27. The normalized spacial score (nSPS) is 10.2. The molecule has 0 spiro atoms. The molecule has 0 bridgehead atoms. The Bertz CT molecular complexity index is 665. The van der Waals surface area contributed by atoms with Gasteiger partial charge < -0.3 is 20.1 Å². The standard InChI is InChI=1S/C18H22BrN3O2/c1-22(18(20)21)13-14-12-15(19)8-9-17(14)24-11-5-10-23-16-6-3-2-4-7-16/h2-4,6-9,12H,5,10-11,13H2,1H3,(H3,20,21). The second-order valence-electron chi connectivity index (χ2n) is 5.36. The minimum Gasteiger partial charge on any atom is -0.493 e. The predicted molar refractivity (Wildman–Crippen MR) is 99.6 cm³/mol. The molecule has 0 aliphatic rings. The van der Waals surface area contributed by atoms with E-state index >= 15 is 0 Å². The van der Waals surface area contributed by atoms with Crippen molar-refractivity contribution in [2.75, 3.05) is 20.3 Å². The first-order chi connectivity index (χ1) is 11.6. The quantitative estimate of drug-likeness (QED) is 0.409. The van der Waals surface area contributed by atoms with Gasteiger partial charge in [-0.25, -0.2) is 0 Å². The first-order valence-electron chi connectivity index (χ1n) is 7.70. The summed E-state index contributed by atoms with van der Waals surface area (Å²) in [6.07, 6.45) is 0.785. The van der Waals surface area contributed by atoms with Crippen molar-refractivity contribution in [3.63, 3.8) is 0 Å². The average molecular weight is 392 g/mol. The maximum Gasteiger partial charge on any atom is 0.188 e. The minimum absolute atomic E-state index is 0.0252. The van der Waals surface area contributed by atoms with Gasteiger partial charge in [-0.15, -0.1) is 0 Å². The van der Waals surface area contributed by atoms with Crippen molar-refractivity contribution in [2.45, 2.75) is 13.0 Å². The van der Waals surface area contributed by atoms with Gasteiger partial charge in [0.25, 0.3) is 0 Å². The molecular formula is C18H22BrN3O2. The molecule has 0 fully saturated rings. The molecule has 128 valence electrons. The van der Waals surface area contributed by atoms with Gasteiger partial charge in [0.2, 0.25) is 0 Å². The molecule has 0 unspecified atom stereocenters. The van der Waals surface area contributed by atoms with Gasteiger partial charge >= 0.3 is 0 Å². The number of rotatable bonds is 8. The Labute approximate surface area is 151 Å². The zero-order valence-corrected chi connectivity index (χ0v) is 15.3. The van der Waals surface area contributed by atoms with Crippen LogP contribution >= 0.6 is 15.9 Å². The molecule has 5 nitrogen and oxygen atoms in total. The van der Waals surface area contributed by atoms with Crippen molar-refractivity contribution in [3.8, 4) is 11.5 Å². The van der Waals surface area contributed by atoms with Crippen LogP contribution in [0.15, 0.2) is 53.0 Å². The van der Waals surface area contributed by atoms with E-state index in [1.807, 2.05) is 48.5 Å². The molecule has 6 heteroatoms. The van der Waals surface area contributed by atoms with Gasteiger partial charge in [0.15, 0.2) is 5.96 Å². The summed E-state index contributed by atoms with van der Waals surface area (Å²) in [7, 11) is 1.78. The number of nitrogens with one attached hydrogen (secondary N) is 1. The summed E-state index contributed by atoms with van der Waals surface area (Å²) in [6.45, 7) is 1.68. The number of para-hydroxylation sites is 1. The molecule has 2 rings (SSSR count). The van der Waals surface area contributed by atoms with Crippen molar-refractivity contribution in [3.05, 3.63) is 58.6 Å². The maximum atomic E-state index is 7.48. The first kappa shape index (κ1) is 18.1. The van der Waals surface area contributed by atoms with E-state index in [9.17, 15) is 0 Å². The van der Waals surface area contributed by atoms with Crippen LogP contribution in [0.1, 0.15) is 12.0 Å². The SMILES string of the molecule is CN(Cc1cc(Br)ccc1OCCCOc1ccccc1)C(=N)N. The third-order valence-electron chi connectivity index (χ3n) is 3.40. The predicted octanol–water partition coefficient (Wildman–Crippen LogP) is 3.62. The Kier molecular flexibility index (Phi) is 6.93. The summed E-state index contributed by atoms with van der Waals surface area (Å²) < 4.78 is 12.5. The van der Waals surface area contributed by atoms with E-state index in [4.69, 9.17) is 20.6 Å². The maximum absolute atomic E-state index is 7.48. The van der Waals surface area contributed by atoms with Crippen LogP contribution in [-0.2, 0) is 6.54 Å². The van der Waals surface area contributed by atoms with Crippen LogP contribution < -0.4 is 15.2 Å². The first-order valence-corrected chi connectivity index (χ1v) is 8.50. The summed E-state index contributed by atoms with van der Waals surface area (Å²) in [5, 5.41) is 7.48. The highest BCUT2D eigenvalue weighted by Crippen LogP contribution is 2.24. The number of guanidine groups is 1. The van der Waals surface area contributed by atoms with Crippen LogP contribution in [0.25, 0.3) is 0 Å². The Balaban J connectivity index is 1.84. The van der Waals surface area contributed by atoms with Crippen LogP contribution in [0.2, 0.25) is 0 Å². The lowest BCUT2D eigenvalue weighted by Gasteiger charge is -2.19. The molecule has 0 radical (unpaired) electrons. The number of hydrogen-bond acceptors (Lipinski definition) is 3. The molecular weight excluding hydrogens is 370 g/mol. The summed E-state index contributed by atoms with van der Waals surface area (Å²) in [6, 6.07) is 15.6. The van der Waals surface area contributed by atoms with E-state index < -0.39 is 0 Å². The molecule has 2 aromatic carbocycles. The van der Waals surface area contributed by atoms with Gasteiger partial charge in [-0.05, 0) is 30.3 Å². The minimum atomic E-state index is 0.0252. The topological polar surface area (TPSA) is 71.6 Å². The highest BCUT2D eigenvalue weighted by molar-refractivity contribution is 9.10. The van der Waals surface area contributed by atoms with Crippen LogP contribution in [0.5, 0.6) is 11.5 Å². The van der Waals surface area contributed by atoms with Crippen molar-refractivity contribution in [1.29, 1.82) is 5.41 Å². The van der Waals surface area contributed by atoms with Crippen LogP contribution in [0.4, 0.5) is 0 Å². The number of ether oxygens (including phenoxy) is 2. The fourth-order valence-electron chi connectivity index (χ4n) is 2.10. The zero-order chi connectivity index (χ0) is 17.4. The molecule has 0 aromatic heterocycles. The highest BCUT2D eigenvalue weighted by Gasteiger charge is 2.09. The largest absolute Gasteiger partial charge is 0.493 e. The number of nitrogens with zero attached hydrogens (tertiary/aromatic N) is 1. The summed E-state index contributed by atoms with van der Waals surface area (Å²) in [4.78, 5) is 1.66. The van der Waals surface area contributed by atoms with Crippen molar-refractivity contribution in [2.24, 2.45) is 5.73 Å². The van der Waals surface area contributed by atoms with E-state index in [1.165, 1.54) is 0 Å². The smallest absolute Gasteiger partial charge is 0.188 e. The molecule has 0 saturated heterocycles. The fraction of sp³-hybridized carbons (Fsp3) is 0.278. The number of hydrogen-bond donors (Lipinski definition) is 2. The molecule has 0 aliphatic carbocycles. The summed E-state index contributed by atoms with van der Waals surface area (Å²) in [5.41, 5.74) is 6.48. The van der Waals surface area contributed by atoms with E-state index in [1.54, 1.807) is 11.9 Å². The number of nitrogens with two attached hydrogens (primary N) is 1. The van der Waals surface area contributed by atoms with E-state index in [0.717, 1.165) is 28.0 Å². The Morgan fingerprint density at radius 1 is 1.12 bits per heavy atom. The van der Waals surface area contributed by atoms with E-state index in [-0.39, 0.29) is 5.96 Å². The van der Waals surface area contributed by atoms with Crippen molar-refractivity contribution < 1.29 is 9.47 Å². The van der Waals surface area contributed by atoms with Crippen LogP contribution in [-0.4, -0.2) is 31.1 Å². The second kappa shape index (κ2) is 9.17. The number of halogens is 1. The van der Waals surface area contributed by atoms with Gasteiger partial charge in [-0.1, -0.05) is 34.1 Å². The molecule has 0 amide bonds. The molecule has 24 heavy (non-hydrogen) atoms. The third kappa shape index (κ3) is 5.77. The third-order valence-corrected chi connectivity index (χ3v) is 3.89. The Morgan fingerprint density at radius 3 is 2.54 bits per heavy atom. The number of benzene rings is 2. The highest BCUT2D eigenvalue weighted by atomic mass is 79.9. The monoisotopic (exact) mass is 391 g/mol. The van der Waals surface area contributed by atoms with E-state index in [2.05, 4.69) is 15.9 Å². The lowest BCUT2D eigenvalue weighted by Crippen LogP contribution is -2.32. The lowest BCUT2D eigenvalue weighted by molar-refractivity contribution is 0.245. The van der Waals surface area contributed by atoms with Crippen LogP contribution in [0.3, 0.4) is 0 Å². The van der Waals surface area contributed by atoms with Gasteiger partial charge in [0.05, 0.1) is 13.2 Å². The van der Waals surface area contributed by atoms with Gasteiger partial charge in [0.1, 0.15) is 11.5 Å². The molecule has 0 atom stereocenters.